The molecule has 1 N–H and O–H groups in total. The first-order chi connectivity index (χ1) is 14.5. The lowest BCUT2D eigenvalue weighted by Gasteiger charge is -2.46. The van der Waals surface area contributed by atoms with E-state index in [-0.39, 0.29) is 25.2 Å². The Morgan fingerprint density at radius 1 is 1.14 bits per heavy atom. The van der Waals surface area contributed by atoms with Gasteiger partial charge in [0.2, 0.25) is 18.6 Å². The Kier molecular flexibility index (Phi) is 3.07. The predicted octanol–water partition coefficient (Wildman–Crippen LogP) is 2.21. The average Bonchev–Trinajstić information content (AvgIpc) is 3.36. The van der Waals surface area contributed by atoms with Crippen LogP contribution in [0.1, 0.15) is 24.2 Å². The van der Waals surface area contributed by atoms with Gasteiger partial charge in [0.25, 0.3) is 0 Å². The summed E-state index contributed by atoms with van der Waals surface area (Å²) in [5, 5.41) is 0.970. The van der Waals surface area contributed by atoms with Crippen molar-refractivity contribution in [2.45, 2.75) is 18.5 Å². The van der Waals surface area contributed by atoms with E-state index in [1.165, 1.54) is 9.80 Å². The number of para-hydroxylation sites is 1. The smallest absolute Gasteiger partial charge is 0.245 e. The van der Waals surface area contributed by atoms with Crippen LogP contribution in [-0.2, 0) is 16.0 Å². The summed E-state index contributed by atoms with van der Waals surface area (Å²) in [6.07, 6.45) is 0.374. The molecule has 146 valence electrons. The summed E-state index contributed by atoms with van der Waals surface area (Å²) >= 11 is 0. The molecular weight excluding hydrogens is 370 g/mol. The van der Waals surface area contributed by atoms with Crippen LogP contribution in [0.15, 0.2) is 42.5 Å². The van der Waals surface area contributed by atoms with Crippen LogP contribution >= 0.6 is 0 Å². The zero-order valence-corrected chi connectivity index (χ0v) is 15.8. The van der Waals surface area contributed by atoms with Crippen LogP contribution in [0.2, 0.25) is 0 Å². The first-order valence-electron chi connectivity index (χ1n) is 10.1. The van der Waals surface area contributed by atoms with E-state index >= 15 is 0 Å². The zero-order chi connectivity index (χ0) is 20.6. The molecule has 0 saturated carbocycles. The van der Waals surface area contributed by atoms with Gasteiger partial charge >= 0.3 is 0 Å². The maximum Gasteiger partial charge on any atom is 0.245 e. The van der Waals surface area contributed by atoms with Crippen molar-refractivity contribution in [3.63, 3.8) is 0 Å². The minimum absolute atomic E-state index is 0.0456. The first-order valence-corrected chi connectivity index (χ1v) is 9.56. The van der Waals surface area contributed by atoms with Gasteiger partial charge in [-0.05, 0) is 29.3 Å². The van der Waals surface area contributed by atoms with Crippen molar-refractivity contribution in [1.82, 2.24) is 14.8 Å². The van der Waals surface area contributed by atoms with Gasteiger partial charge in [-0.2, -0.15) is 0 Å². The lowest BCUT2D eigenvalue weighted by Crippen LogP contribution is -2.62. The molecule has 0 aliphatic carbocycles. The number of nitrogens with zero attached hydrogens (tertiary/aromatic N) is 2. The number of rotatable bonds is 1. The number of likely N-dealkylation sites (N-methyl/N-ethyl adjacent to an activating group) is 1. The minimum atomic E-state index is -1.59. The van der Waals surface area contributed by atoms with E-state index in [4.69, 9.17) is 9.47 Å². The summed E-state index contributed by atoms with van der Waals surface area (Å²) in [6, 6.07) is 10.7. The van der Waals surface area contributed by atoms with Crippen molar-refractivity contribution in [2.75, 3.05) is 20.4 Å². The summed E-state index contributed by atoms with van der Waals surface area (Å²) in [6.45, 7) is 0.0754. The summed E-state index contributed by atoms with van der Waals surface area (Å²) < 4.78 is 20.6. The van der Waals surface area contributed by atoms with Crippen LogP contribution in [0.3, 0.4) is 0 Å². The molecular formula is C22H19N3O4. The van der Waals surface area contributed by atoms with Crippen molar-refractivity contribution in [1.29, 1.82) is 0 Å². The summed E-state index contributed by atoms with van der Waals surface area (Å²) in [5.74, 6) is 0.737. The third-order valence-corrected chi connectivity index (χ3v) is 5.95. The van der Waals surface area contributed by atoms with Crippen molar-refractivity contribution < 1.29 is 20.4 Å². The number of nitrogens with one attached hydrogen (secondary N) is 1. The number of carbonyl (C=O) groups excluding carboxylic acids is 2. The number of ether oxygens (including phenoxy) is 2. The van der Waals surface area contributed by atoms with E-state index in [9.17, 15) is 11.0 Å². The molecule has 7 heteroatoms. The number of fused-ring (bicyclic) bond motifs is 5. The second kappa shape index (κ2) is 5.76. The van der Waals surface area contributed by atoms with Gasteiger partial charge in [0.15, 0.2) is 11.5 Å². The molecule has 1 aromatic heterocycles. The highest BCUT2D eigenvalue weighted by molar-refractivity contribution is 5.97. The molecule has 2 atom stereocenters. The van der Waals surface area contributed by atoms with Gasteiger partial charge in [-0.25, -0.2) is 0 Å². The van der Waals surface area contributed by atoms with Gasteiger partial charge in [-0.1, -0.05) is 24.3 Å². The molecule has 4 heterocycles. The Hall–Kier alpha value is -3.48. The number of H-pyrrole nitrogens is 1. The highest BCUT2D eigenvalue weighted by atomic mass is 16.7. The SMILES string of the molecule is [2H][C@]1(c2ccc3c(c2)OCO3)c2[nH]c3ccccc3c2C[C@@H]2C(=O)N(C)CC(=O)N21. The Morgan fingerprint density at radius 3 is 2.86 bits per heavy atom. The number of hydrogen-bond donors (Lipinski definition) is 1. The highest BCUT2D eigenvalue weighted by Crippen LogP contribution is 2.44. The number of piperazine rings is 1. The molecule has 2 amide bonds. The molecule has 1 saturated heterocycles. The van der Waals surface area contributed by atoms with Gasteiger partial charge < -0.3 is 24.3 Å². The normalized spacial score (nSPS) is 25.8. The number of carbonyl (C=O) groups is 2. The highest BCUT2D eigenvalue weighted by Gasteiger charge is 2.47. The number of amides is 2. The van der Waals surface area contributed by atoms with E-state index in [2.05, 4.69) is 4.98 Å². The fourth-order valence-electron chi connectivity index (χ4n) is 4.61. The molecule has 29 heavy (non-hydrogen) atoms. The van der Waals surface area contributed by atoms with Crippen molar-refractivity contribution in [2.24, 2.45) is 0 Å². The van der Waals surface area contributed by atoms with E-state index in [1.54, 1.807) is 25.2 Å². The average molecular weight is 390 g/mol. The number of hydrogen-bond acceptors (Lipinski definition) is 4. The second-order valence-corrected chi connectivity index (χ2v) is 7.62. The molecule has 3 aromatic rings. The van der Waals surface area contributed by atoms with Gasteiger partial charge in [-0.15, -0.1) is 0 Å². The fraction of sp³-hybridized carbons (Fsp3) is 0.273. The maximum atomic E-state index is 13.2. The van der Waals surface area contributed by atoms with Crippen molar-refractivity contribution in [3.05, 3.63) is 59.3 Å². The quantitative estimate of drug-likeness (QED) is 0.691. The van der Waals surface area contributed by atoms with Crippen LogP contribution in [0.5, 0.6) is 11.5 Å². The summed E-state index contributed by atoms with van der Waals surface area (Å²) in [7, 11) is 1.63. The van der Waals surface area contributed by atoms with Crippen LogP contribution in [0, 0.1) is 0 Å². The molecule has 1 fully saturated rings. The molecule has 0 bridgehead atoms. The van der Waals surface area contributed by atoms with E-state index in [0.717, 1.165) is 16.5 Å². The Balaban J connectivity index is 1.65. The molecule has 7 nitrogen and oxygen atoms in total. The van der Waals surface area contributed by atoms with Crippen LogP contribution < -0.4 is 9.47 Å². The minimum Gasteiger partial charge on any atom is -0.454 e. The van der Waals surface area contributed by atoms with Gasteiger partial charge in [-0.3, -0.25) is 9.59 Å². The maximum absolute atomic E-state index is 13.2. The molecule has 3 aliphatic heterocycles. The second-order valence-electron chi connectivity index (χ2n) is 7.62. The van der Waals surface area contributed by atoms with Crippen LogP contribution in [0.25, 0.3) is 10.9 Å². The molecule has 3 aliphatic rings. The van der Waals surface area contributed by atoms with E-state index in [1.807, 2.05) is 24.3 Å². The standard InChI is InChI=1S/C22H19N3O4/c1-24-10-19(26)25-16(22(24)27)9-14-13-4-2-3-5-15(13)23-20(14)21(25)12-6-7-17-18(8-12)29-11-28-17/h2-8,16,21,23H,9-11H2,1H3/t16-,21+/m1/s1/i21D. The van der Waals surface area contributed by atoms with Crippen LogP contribution in [0.4, 0.5) is 0 Å². The number of benzene rings is 2. The summed E-state index contributed by atoms with van der Waals surface area (Å²) in [4.78, 5) is 32.5. The number of aromatic nitrogens is 1. The molecule has 0 radical (unpaired) electrons. The first kappa shape index (κ1) is 15.4. The third-order valence-electron chi connectivity index (χ3n) is 5.95. The fourth-order valence-corrected chi connectivity index (χ4v) is 4.61. The zero-order valence-electron chi connectivity index (χ0n) is 16.8. The predicted molar refractivity (Wildman–Crippen MR) is 105 cm³/mol. The van der Waals surface area contributed by atoms with Crippen LogP contribution in [-0.4, -0.2) is 53.0 Å². The van der Waals surface area contributed by atoms with Crippen molar-refractivity contribution >= 4 is 22.7 Å². The Bertz CT molecular complexity index is 1240. The Labute approximate surface area is 168 Å². The third kappa shape index (κ3) is 2.24. The summed E-state index contributed by atoms with van der Waals surface area (Å²) in [5.41, 5.74) is 2.95. The van der Waals surface area contributed by atoms with Gasteiger partial charge in [0, 0.05) is 30.1 Å². The molecule has 6 rings (SSSR count). The van der Waals surface area contributed by atoms with Crippen molar-refractivity contribution in [3.8, 4) is 11.5 Å². The van der Waals surface area contributed by atoms with E-state index < -0.39 is 12.1 Å². The lowest BCUT2D eigenvalue weighted by atomic mass is 9.86. The van der Waals surface area contributed by atoms with Gasteiger partial charge in [0.05, 0.1) is 13.9 Å². The molecule has 0 spiro atoms. The monoisotopic (exact) mass is 390 g/mol. The lowest BCUT2D eigenvalue weighted by molar-refractivity contribution is -0.157. The number of aromatic amines is 1. The largest absolute Gasteiger partial charge is 0.454 e. The molecule has 2 aromatic carbocycles. The molecule has 0 unspecified atom stereocenters. The topological polar surface area (TPSA) is 74.9 Å². The Morgan fingerprint density at radius 2 is 1.97 bits per heavy atom. The van der Waals surface area contributed by atoms with E-state index in [0.29, 0.717) is 29.2 Å². The van der Waals surface area contributed by atoms with Gasteiger partial charge in [0.1, 0.15) is 6.04 Å².